The fourth-order valence-corrected chi connectivity index (χ4v) is 1.63. The van der Waals surface area contributed by atoms with Gasteiger partial charge in [0, 0.05) is 12.7 Å². The SMILES string of the molecule is CCCCCCNc1ncccc1OC(C)C. The predicted octanol–water partition coefficient (Wildman–Crippen LogP) is 3.86. The Hall–Kier alpha value is -1.25. The molecule has 0 saturated heterocycles. The van der Waals surface area contributed by atoms with E-state index in [-0.39, 0.29) is 6.10 Å². The third-order valence-corrected chi connectivity index (χ3v) is 2.46. The fourth-order valence-electron chi connectivity index (χ4n) is 1.63. The van der Waals surface area contributed by atoms with E-state index in [9.17, 15) is 0 Å². The number of rotatable bonds is 8. The topological polar surface area (TPSA) is 34.2 Å². The van der Waals surface area contributed by atoms with Crippen molar-refractivity contribution in [3.63, 3.8) is 0 Å². The van der Waals surface area contributed by atoms with Gasteiger partial charge in [0.15, 0.2) is 11.6 Å². The largest absolute Gasteiger partial charge is 0.487 e. The van der Waals surface area contributed by atoms with E-state index in [0.717, 1.165) is 18.1 Å². The molecule has 1 aromatic rings. The lowest BCUT2D eigenvalue weighted by atomic mass is 10.2. The van der Waals surface area contributed by atoms with Gasteiger partial charge in [0.05, 0.1) is 6.10 Å². The van der Waals surface area contributed by atoms with Gasteiger partial charge in [-0.2, -0.15) is 0 Å². The van der Waals surface area contributed by atoms with Crippen molar-refractivity contribution in [2.45, 2.75) is 52.6 Å². The molecule has 0 aromatic carbocycles. The van der Waals surface area contributed by atoms with E-state index in [1.807, 2.05) is 26.0 Å². The van der Waals surface area contributed by atoms with Crippen molar-refractivity contribution < 1.29 is 4.74 Å². The summed E-state index contributed by atoms with van der Waals surface area (Å²) >= 11 is 0. The molecule has 3 heteroatoms. The van der Waals surface area contributed by atoms with Crippen molar-refractivity contribution in [2.24, 2.45) is 0 Å². The molecule has 1 rings (SSSR count). The highest BCUT2D eigenvalue weighted by molar-refractivity contribution is 5.49. The maximum atomic E-state index is 5.70. The molecule has 96 valence electrons. The van der Waals surface area contributed by atoms with Crippen LogP contribution in [0.3, 0.4) is 0 Å². The zero-order valence-corrected chi connectivity index (χ0v) is 11.2. The standard InChI is InChI=1S/C14H24N2O/c1-4-5-6-7-10-15-14-13(17-12(2)3)9-8-11-16-14/h8-9,11-12H,4-7,10H2,1-3H3,(H,15,16). The molecule has 1 heterocycles. The van der Waals surface area contributed by atoms with Crippen molar-refractivity contribution in [3.8, 4) is 5.75 Å². The van der Waals surface area contributed by atoms with E-state index >= 15 is 0 Å². The van der Waals surface area contributed by atoms with E-state index in [4.69, 9.17) is 4.74 Å². The number of hydrogen-bond acceptors (Lipinski definition) is 3. The summed E-state index contributed by atoms with van der Waals surface area (Å²) in [5.74, 6) is 1.70. The van der Waals surface area contributed by atoms with Gasteiger partial charge in [-0.1, -0.05) is 26.2 Å². The lowest BCUT2D eigenvalue weighted by Gasteiger charge is -2.14. The van der Waals surface area contributed by atoms with Gasteiger partial charge in [-0.25, -0.2) is 4.98 Å². The first kappa shape index (κ1) is 13.8. The molecular weight excluding hydrogens is 212 g/mol. The van der Waals surface area contributed by atoms with Crippen LogP contribution in [0.2, 0.25) is 0 Å². The molecular formula is C14H24N2O. The first-order chi connectivity index (χ1) is 8.24. The molecule has 0 spiro atoms. The van der Waals surface area contributed by atoms with Gasteiger partial charge >= 0.3 is 0 Å². The zero-order valence-electron chi connectivity index (χ0n) is 11.2. The molecule has 1 N–H and O–H groups in total. The second-order valence-electron chi connectivity index (χ2n) is 4.50. The second kappa shape index (κ2) is 7.93. The van der Waals surface area contributed by atoms with Crippen LogP contribution in [0.25, 0.3) is 0 Å². The number of aromatic nitrogens is 1. The number of anilines is 1. The summed E-state index contributed by atoms with van der Waals surface area (Å²) in [6.45, 7) is 7.24. The molecule has 17 heavy (non-hydrogen) atoms. The summed E-state index contributed by atoms with van der Waals surface area (Å²) in [4.78, 5) is 4.31. The Labute approximate surface area is 105 Å². The van der Waals surface area contributed by atoms with E-state index in [0.29, 0.717) is 0 Å². The van der Waals surface area contributed by atoms with Crippen LogP contribution in [0.1, 0.15) is 46.5 Å². The molecule has 0 bridgehead atoms. The van der Waals surface area contributed by atoms with Crippen molar-refractivity contribution >= 4 is 5.82 Å². The van der Waals surface area contributed by atoms with E-state index in [1.165, 1.54) is 25.7 Å². The Kier molecular flexibility index (Phi) is 6.45. The van der Waals surface area contributed by atoms with Crippen molar-refractivity contribution in [3.05, 3.63) is 18.3 Å². The number of pyridine rings is 1. The quantitative estimate of drug-likeness (QED) is 0.696. The summed E-state index contributed by atoms with van der Waals surface area (Å²) < 4.78 is 5.70. The summed E-state index contributed by atoms with van der Waals surface area (Å²) in [6.07, 6.45) is 7.01. The highest BCUT2D eigenvalue weighted by atomic mass is 16.5. The number of nitrogens with one attached hydrogen (secondary N) is 1. The number of unbranched alkanes of at least 4 members (excludes halogenated alkanes) is 3. The number of nitrogens with zero attached hydrogens (tertiary/aromatic N) is 1. The van der Waals surface area contributed by atoms with Gasteiger partial charge in [0.2, 0.25) is 0 Å². The molecule has 0 fully saturated rings. The first-order valence-electron chi connectivity index (χ1n) is 6.59. The van der Waals surface area contributed by atoms with E-state index in [1.54, 1.807) is 6.20 Å². The highest BCUT2D eigenvalue weighted by Crippen LogP contribution is 2.22. The van der Waals surface area contributed by atoms with Gasteiger partial charge in [0.1, 0.15) is 0 Å². The minimum absolute atomic E-state index is 0.180. The van der Waals surface area contributed by atoms with Gasteiger partial charge in [0.25, 0.3) is 0 Å². The van der Waals surface area contributed by atoms with Crippen LogP contribution >= 0.6 is 0 Å². The van der Waals surface area contributed by atoms with Gasteiger partial charge < -0.3 is 10.1 Å². The zero-order chi connectivity index (χ0) is 12.5. The minimum Gasteiger partial charge on any atom is -0.487 e. The fraction of sp³-hybridized carbons (Fsp3) is 0.643. The molecule has 3 nitrogen and oxygen atoms in total. The molecule has 0 aliphatic carbocycles. The maximum absolute atomic E-state index is 5.70. The monoisotopic (exact) mass is 236 g/mol. The van der Waals surface area contributed by atoms with E-state index in [2.05, 4.69) is 17.2 Å². The van der Waals surface area contributed by atoms with Crippen LogP contribution in [0.5, 0.6) is 5.75 Å². The van der Waals surface area contributed by atoms with Crippen LogP contribution in [-0.2, 0) is 0 Å². The lowest BCUT2D eigenvalue weighted by molar-refractivity contribution is 0.243. The molecule has 0 atom stereocenters. The Balaban J connectivity index is 2.40. The molecule has 0 saturated carbocycles. The van der Waals surface area contributed by atoms with Gasteiger partial charge in [-0.05, 0) is 32.4 Å². The molecule has 0 amide bonds. The second-order valence-corrected chi connectivity index (χ2v) is 4.50. The van der Waals surface area contributed by atoms with Crippen LogP contribution < -0.4 is 10.1 Å². The average Bonchev–Trinajstić information content (AvgIpc) is 2.30. The lowest BCUT2D eigenvalue weighted by Crippen LogP contribution is -2.10. The Morgan fingerprint density at radius 3 is 2.82 bits per heavy atom. The van der Waals surface area contributed by atoms with Crippen LogP contribution in [0.15, 0.2) is 18.3 Å². The smallest absolute Gasteiger partial charge is 0.168 e. The maximum Gasteiger partial charge on any atom is 0.168 e. The molecule has 0 aliphatic rings. The Morgan fingerprint density at radius 1 is 1.29 bits per heavy atom. The minimum atomic E-state index is 0.180. The molecule has 0 radical (unpaired) electrons. The summed E-state index contributed by atoms with van der Waals surface area (Å²) in [7, 11) is 0. The molecule has 1 aromatic heterocycles. The van der Waals surface area contributed by atoms with Crippen LogP contribution in [0.4, 0.5) is 5.82 Å². The molecule has 0 unspecified atom stereocenters. The van der Waals surface area contributed by atoms with Gasteiger partial charge in [-0.15, -0.1) is 0 Å². The number of ether oxygens (including phenoxy) is 1. The Morgan fingerprint density at radius 2 is 2.12 bits per heavy atom. The Bertz CT molecular complexity index is 313. The van der Waals surface area contributed by atoms with Crippen molar-refractivity contribution in [1.82, 2.24) is 4.98 Å². The van der Waals surface area contributed by atoms with E-state index < -0.39 is 0 Å². The third kappa shape index (κ3) is 5.57. The van der Waals surface area contributed by atoms with Crippen molar-refractivity contribution in [2.75, 3.05) is 11.9 Å². The third-order valence-electron chi connectivity index (χ3n) is 2.46. The normalized spacial score (nSPS) is 10.6. The first-order valence-corrected chi connectivity index (χ1v) is 6.59. The van der Waals surface area contributed by atoms with Crippen LogP contribution in [0, 0.1) is 0 Å². The summed E-state index contributed by atoms with van der Waals surface area (Å²) in [5.41, 5.74) is 0. The van der Waals surface area contributed by atoms with Gasteiger partial charge in [-0.3, -0.25) is 0 Å². The highest BCUT2D eigenvalue weighted by Gasteiger charge is 2.05. The van der Waals surface area contributed by atoms with Crippen LogP contribution in [-0.4, -0.2) is 17.6 Å². The molecule has 0 aliphatic heterocycles. The number of hydrogen-bond donors (Lipinski definition) is 1. The summed E-state index contributed by atoms with van der Waals surface area (Å²) in [5, 5.41) is 3.34. The average molecular weight is 236 g/mol. The van der Waals surface area contributed by atoms with Crippen molar-refractivity contribution in [1.29, 1.82) is 0 Å². The predicted molar refractivity (Wildman–Crippen MR) is 72.6 cm³/mol. The summed E-state index contributed by atoms with van der Waals surface area (Å²) in [6, 6.07) is 3.86.